The van der Waals surface area contributed by atoms with Gasteiger partial charge in [-0.2, -0.15) is 0 Å². The summed E-state index contributed by atoms with van der Waals surface area (Å²) < 4.78 is 24.6. The third-order valence-electron chi connectivity index (χ3n) is 1.79. The molecule has 5 nitrogen and oxygen atoms in total. The molecule has 0 aromatic carbocycles. The quantitative estimate of drug-likeness (QED) is 0.655. The first-order valence-electron chi connectivity index (χ1n) is 4.59. The highest BCUT2D eigenvalue weighted by molar-refractivity contribution is 7.89. The Balaban J connectivity index is 3.79. The number of carboxylic acid groups (broad SMARTS) is 1. The van der Waals surface area contributed by atoms with Gasteiger partial charge in [0.25, 0.3) is 0 Å². The molecule has 0 heterocycles. The third-order valence-corrected chi connectivity index (χ3v) is 3.38. The van der Waals surface area contributed by atoms with Gasteiger partial charge in [0.1, 0.15) is 0 Å². The summed E-state index contributed by atoms with van der Waals surface area (Å²) in [5, 5.41) is 8.54. The number of carbonyl (C=O) groups is 1. The Bertz CT molecular complexity index is 273. The van der Waals surface area contributed by atoms with Crippen LogP contribution >= 0.6 is 0 Å². The summed E-state index contributed by atoms with van der Waals surface area (Å²) in [6, 6.07) is 0. The standard InChI is InChI=1S/C8H17NO4S/c1-3-6-14(12,13)9-5-4-7(2)8(10)11/h7,9H,3-6H2,1-2H3,(H,10,11). The molecule has 84 valence electrons. The van der Waals surface area contributed by atoms with Gasteiger partial charge in [-0.3, -0.25) is 4.79 Å². The molecule has 1 unspecified atom stereocenters. The van der Waals surface area contributed by atoms with Gasteiger partial charge in [0.05, 0.1) is 11.7 Å². The number of sulfonamides is 1. The van der Waals surface area contributed by atoms with Gasteiger partial charge in [0.15, 0.2) is 0 Å². The van der Waals surface area contributed by atoms with E-state index in [-0.39, 0.29) is 12.3 Å². The van der Waals surface area contributed by atoms with E-state index in [4.69, 9.17) is 5.11 Å². The smallest absolute Gasteiger partial charge is 0.306 e. The second-order valence-electron chi connectivity index (χ2n) is 3.24. The van der Waals surface area contributed by atoms with E-state index >= 15 is 0 Å². The maximum absolute atomic E-state index is 11.1. The zero-order chi connectivity index (χ0) is 11.2. The molecule has 0 rings (SSSR count). The van der Waals surface area contributed by atoms with Crippen LogP contribution in [0.3, 0.4) is 0 Å². The van der Waals surface area contributed by atoms with Crippen LogP contribution in [0.15, 0.2) is 0 Å². The maximum Gasteiger partial charge on any atom is 0.306 e. The fraction of sp³-hybridized carbons (Fsp3) is 0.875. The van der Waals surface area contributed by atoms with Crippen LogP contribution in [0, 0.1) is 5.92 Å². The van der Waals surface area contributed by atoms with E-state index in [0.29, 0.717) is 12.8 Å². The summed E-state index contributed by atoms with van der Waals surface area (Å²) >= 11 is 0. The van der Waals surface area contributed by atoms with Crippen molar-refractivity contribution in [1.29, 1.82) is 0 Å². The molecule has 14 heavy (non-hydrogen) atoms. The van der Waals surface area contributed by atoms with Crippen molar-refractivity contribution in [2.75, 3.05) is 12.3 Å². The minimum absolute atomic E-state index is 0.0917. The van der Waals surface area contributed by atoms with Gasteiger partial charge < -0.3 is 5.11 Å². The lowest BCUT2D eigenvalue weighted by atomic mass is 10.1. The molecule has 0 radical (unpaired) electrons. The molecular weight excluding hydrogens is 206 g/mol. The summed E-state index contributed by atoms with van der Waals surface area (Å²) in [6.45, 7) is 3.52. The molecule has 0 saturated carbocycles. The Hall–Kier alpha value is -0.620. The van der Waals surface area contributed by atoms with Gasteiger partial charge in [0, 0.05) is 6.54 Å². The normalized spacial score (nSPS) is 13.9. The fourth-order valence-corrected chi connectivity index (χ4v) is 2.01. The van der Waals surface area contributed by atoms with Crippen molar-refractivity contribution in [2.45, 2.75) is 26.7 Å². The summed E-state index contributed by atoms with van der Waals surface area (Å²) in [6.07, 6.45) is 0.877. The fourth-order valence-electron chi connectivity index (χ4n) is 0.895. The molecule has 0 aliphatic rings. The van der Waals surface area contributed by atoms with Crippen molar-refractivity contribution in [1.82, 2.24) is 4.72 Å². The number of rotatable bonds is 7. The van der Waals surface area contributed by atoms with Crippen molar-refractivity contribution in [2.24, 2.45) is 5.92 Å². The molecule has 0 aromatic heterocycles. The minimum Gasteiger partial charge on any atom is -0.481 e. The summed E-state index contributed by atoms with van der Waals surface area (Å²) in [5.74, 6) is -1.33. The number of hydrogen-bond acceptors (Lipinski definition) is 3. The van der Waals surface area contributed by atoms with Crippen molar-refractivity contribution in [3.8, 4) is 0 Å². The van der Waals surface area contributed by atoms with Crippen molar-refractivity contribution in [3.63, 3.8) is 0 Å². The zero-order valence-corrected chi connectivity index (χ0v) is 9.30. The second kappa shape index (κ2) is 5.98. The van der Waals surface area contributed by atoms with E-state index in [1.54, 1.807) is 13.8 Å². The first kappa shape index (κ1) is 13.4. The van der Waals surface area contributed by atoms with Crippen LogP contribution in [-0.2, 0) is 14.8 Å². The minimum atomic E-state index is -3.20. The Morgan fingerprint density at radius 1 is 1.50 bits per heavy atom. The predicted octanol–water partition coefficient (Wildman–Crippen LogP) is 0.427. The van der Waals surface area contributed by atoms with Gasteiger partial charge >= 0.3 is 5.97 Å². The Kier molecular flexibility index (Phi) is 5.71. The van der Waals surface area contributed by atoms with Gasteiger partial charge in [-0.15, -0.1) is 0 Å². The van der Waals surface area contributed by atoms with E-state index in [1.165, 1.54) is 0 Å². The maximum atomic E-state index is 11.1. The highest BCUT2D eigenvalue weighted by atomic mass is 32.2. The Labute approximate surface area is 84.6 Å². The van der Waals surface area contributed by atoms with Crippen molar-refractivity contribution in [3.05, 3.63) is 0 Å². The summed E-state index contributed by atoms with van der Waals surface area (Å²) in [5.41, 5.74) is 0. The van der Waals surface area contributed by atoms with Crippen LogP contribution in [0.5, 0.6) is 0 Å². The van der Waals surface area contributed by atoms with Crippen molar-refractivity contribution >= 4 is 16.0 Å². The lowest BCUT2D eigenvalue weighted by molar-refractivity contribution is -0.141. The third kappa shape index (κ3) is 5.93. The number of carboxylic acids is 1. The van der Waals surface area contributed by atoms with E-state index in [2.05, 4.69) is 4.72 Å². The molecule has 0 spiro atoms. The lowest BCUT2D eigenvalue weighted by Gasteiger charge is -2.07. The highest BCUT2D eigenvalue weighted by Crippen LogP contribution is 2.00. The highest BCUT2D eigenvalue weighted by Gasteiger charge is 2.12. The number of nitrogens with one attached hydrogen (secondary N) is 1. The largest absolute Gasteiger partial charge is 0.481 e. The molecule has 0 saturated heterocycles. The molecule has 0 aliphatic carbocycles. The Morgan fingerprint density at radius 2 is 2.07 bits per heavy atom. The first-order valence-corrected chi connectivity index (χ1v) is 6.24. The molecule has 0 amide bonds. The second-order valence-corrected chi connectivity index (χ2v) is 5.17. The van der Waals surface area contributed by atoms with E-state index in [1.807, 2.05) is 0 Å². The lowest BCUT2D eigenvalue weighted by Crippen LogP contribution is -2.29. The van der Waals surface area contributed by atoms with Gasteiger partial charge in [0.2, 0.25) is 10.0 Å². The molecule has 0 aromatic rings. The topological polar surface area (TPSA) is 83.5 Å². The van der Waals surface area contributed by atoms with Gasteiger partial charge in [-0.05, 0) is 12.8 Å². The molecule has 1 atom stereocenters. The van der Waals surface area contributed by atoms with Crippen LogP contribution < -0.4 is 4.72 Å². The Morgan fingerprint density at radius 3 is 2.50 bits per heavy atom. The average molecular weight is 223 g/mol. The van der Waals surface area contributed by atoms with Crippen LogP contribution in [0.4, 0.5) is 0 Å². The molecule has 0 fully saturated rings. The monoisotopic (exact) mass is 223 g/mol. The average Bonchev–Trinajstić information content (AvgIpc) is 2.03. The van der Waals surface area contributed by atoms with E-state index in [9.17, 15) is 13.2 Å². The SMILES string of the molecule is CCCS(=O)(=O)NCCC(C)C(=O)O. The van der Waals surface area contributed by atoms with Crippen LogP contribution in [0.1, 0.15) is 26.7 Å². The molecule has 0 bridgehead atoms. The summed E-state index contributed by atoms with van der Waals surface area (Å²) in [7, 11) is -3.20. The van der Waals surface area contributed by atoms with Crippen molar-refractivity contribution < 1.29 is 18.3 Å². The molecule has 2 N–H and O–H groups in total. The first-order chi connectivity index (χ1) is 6.39. The van der Waals surface area contributed by atoms with E-state index < -0.39 is 21.9 Å². The molecule has 6 heteroatoms. The molecular formula is C8H17NO4S. The zero-order valence-electron chi connectivity index (χ0n) is 8.49. The number of aliphatic carboxylic acids is 1. The summed E-state index contributed by atoms with van der Waals surface area (Å²) in [4.78, 5) is 10.4. The van der Waals surface area contributed by atoms with Gasteiger partial charge in [-0.1, -0.05) is 13.8 Å². The van der Waals surface area contributed by atoms with Gasteiger partial charge in [-0.25, -0.2) is 13.1 Å². The van der Waals surface area contributed by atoms with Crippen LogP contribution in [-0.4, -0.2) is 31.8 Å². The molecule has 0 aliphatic heterocycles. The van der Waals surface area contributed by atoms with Crippen LogP contribution in [0.2, 0.25) is 0 Å². The number of hydrogen-bond donors (Lipinski definition) is 2. The van der Waals surface area contributed by atoms with E-state index in [0.717, 1.165) is 0 Å². The predicted molar refractivity (Wildman–Crippen MR) is 53.5 cm³/mol. The van der Waals surface area contributed by atoms with Crippen LogP contribution in [0.25, 0.3) is 0 Å².